The molecule has 0 aliphatic heterocycles. The molecular weight excluding hydrogens is 264 g/mol. The third kappa shape index (κ3) is 2.41. The summed E-state index contributed by atoms with van der Waals surface area (Å²) < 4.78 is 0. The lowest BCUT2D eigenvalue weighted by Gasteiger charge is -2.40. The monoisotopic (exact) mass is 288 g/mol. The van der Waals surface area contributed by atoms with Gasteiger partial charge in [0.2, 0.25) is 12.2 Å². The van der Waals surface area contributed by atoms with Gasteiger partial charge in [-0.25, -0.2) is 19.6 Å². The summed E-state index contributed by atoms with van der Waals surface area (Å²) in [5.41, 5.74) is 0.244. The number of hydrogen-bond donors (Lipinski definition) is 0. The molecular formula is C17H24N2O2. The van der Waals surface area contributed by atoms with Gasteiger partial charge in [-0.1, -0.05) is 12.8 Å². The highest BCUT2D eigenvalue weighted by atomic mass is 16.1. The summed E-state index contributed by atoms with van der Waals surface area (Å²) in [5.74, 6) is 2.43. The molecule has 6 unspecified atom stereocenters. The molecule has 3 aliphatic carbocycles. The molecule has 3 fully saturated rings. The van der Waals surface area contributed by atoms with Crippen LogP contribution >= 0.6 is 0 Å². The molecule has 2 bridgehead atoms. The Hall–Kier alpha value is -1.24. The van der Waals surface area contributed by atoms with Gasteiger partial charge in [0.15, 0.2) is 0 Å². The average Bonchev–Trinajstić information content (AvgIpc) is 3.10. The molecule has 21 heavy (non-hydrogen) atoms. The van der Waals surface area contributed by atoms with Crippen LogP contribution in [0.1, 0.15) is 58.3 Å². The maximum Gasteiger partial charge on any atom is 0.235 e. The quantitative estimate of drug-likeness (QED) is 0.555. The number of rotatable bonds is 6. The van der Waals surface area contributed by atoms with Crippen LogP contribution in [0.25, 0.3) is 0 Å². The van der Waals surface area contributed by atoms with Gasteiger partial charge in [-0.15, -0.1) is 0 Å². The Morgan fingerprint density at radius 2 is 2.14 bits per heavy atom. The third-order valence-electron chi connectivity index (χ3n) is 6.49. The Labute approximate surface area is 126 Å². The molecule has 0 aromatic carbocycles. The van der Waals surface area contributed by atoms with E-state index in [1.54, 1.807) is 6.08 Å². The summed E-state index contributed by atoms with van der Waals surface area (Å²) in [5, 5.41) is 0. The minimum absolute atomic E-state index is 0.0601. The fourth-order valence-corrected chi connectivity index (χ4v) is 5.80. The van der Waals surface area contributed by atoms with E-state index >= 15 is 0 Å². The lowest BCUT2D eigenvalue weighted by atomic mass is 9.66. The molecule has 4 nitrogen and oxygen atoms in total. The second kappa shape index (κ2) is 5.87. The van der Waals surface area contributed by atoms with Gasteiger partial charge in [0, 0.05) is 0 Å². The van der Waals surface area contributed by atoms with Crippen LogP contribution in [0.15, 0.2) is 9.98 Å². The van der Waals surface area contributed by atoms with Gasteiger partial charge in [0.1, 0.15) is 0 Å². The third-order valence-corrected chi connectivity index (χ3v) is 6.49. The Morgan fingerprint density at radius 3 is 2.90 bits per heavy atom. The van der Waals surface area contributed by atoms with Crippen molar-refractivity contribution in [3.63, 3.8) is 0 Å². The Balaban J connectivity index is 1.71. The molecule has 0 aromatic rings. The normalized spacial score (nSPS) is 41.2. The second-order valence-corrected chi connectivity index (χ2v) is 7.33. The first-order chi connectivity index (χ1) is 10.2. The van der Waals surface area contributed by atoms with E-state index < -0.39 is 0 Å². The van der Waals surface area contributed by atoms with Crippen molar-refractivity contribution in [2.75, 3.05) is 0 Å². The molecule has 0 amide bonds. The van der Waals surface area contributed by atoms with Gasteiger partial charge in [0.05, 0.1) is 12.1 Å². The molecule has 114 valence electrons. The van der Waals surface area contributed by atoms with E-state index in [-0.39, 0.29) is 17.5 Å². The molecule has 0 saturated heterocycles. The predicted molar refractivity (Wildman–Crippen MR) is 79.3 cm³/mol. The predicted octanol–water partition coefficient (Wildman–Crippen LogP) is 3.41. The van der Waals surface area contributed by atoms with Crippen LogP contribution in [0.3, 0.4) is 0 Å². The zero-order valence-corrected chi connectivity index (χ0v) is 12.8. The number of isocyanates is 2. The lowest BCUT2D eigenvalue weighted by Crippen LogP contribution is -2.38. The highest BCUT2D eigenvalue weighted by Gasteiger charge is 2.63. The number of hydrogen-bond acceptors (Lipinski definition) is 4. The molecule has 6 atom stereocenters. The first-order valence-corrected chi connectivity index (χ1v) is 8.35. The molecule has 0 heterocycles. The highest BCUT2D eigenvalue weighted by molar-refractivity contribution is 5.35. The number of carbonyl (C=O) groups excluding carboxylic acids is 2. The van der Waals surface area contributed by atoms with Crippen LogP contribution in [0.5, 0.6) is 0 Å². The van der Waals surface area contributed by atoms with Crippen molar-refractivity contribution in [2.45, 2.75) is 70.4 Å². The molecule has 0 spiro atoms. The van der Waals surface area contributed by atoms with E-state index in [0.29, 0.717) is 0 Å². The summed E-state index contributed by atoms with van der Waals surface area (Å²) in [4.78, 5) is 29.0. The van der Waals surface area contributed by atoms with Crippen molar-refractivity contribution >= 4 is 12.2 Å². The Kier molecular flexibility index (Phi) is 4.10. The topological polar surface area (TPSA) is 58.9 Å². The summed E-state index contributed by atoms with van der Waals surface area (Å²) in [6.07, 6.45) is 13.0. The molecule has 0 aromatic heterocycles. The molecule has 3 saturated carbocycles. The zero-order chi connectivity index (χ0) is 14.9. The zero-order valence-electron chi connectivity index (χ0n) is 12.8. The Bertz CT molecular complexity index is 493. The minimum atomic E-state index is 0.0601. The standard InChI is InChI=1S/C17H24N2O2/c1-12(18-10-20)4-3-7-17-9-13(8-16(17)19-11-21)14-5-2-6-15(14)17/h12-16H,2-9H2,1H3. The summed E-state index contributed by atoms with van der Waals surface area (Å²) in [7, 11) is 0. The van der Waals surface area contributed by atoms with Crippen molar-refractivity contribution in [1.29, 1.82) is 0 Å². The summed E-state index contributed by atoms with van der Waals surface area (Å²) in [6.45, 7) is 1.97. The maximum absolute atomic E-state index is 10.8. The van der Waals surface area contributed by atoms with Gasteiger partial charge in [0.25, 0.3) is 0 Å². The SMILES string of the molecule is CC(CCCC12CC(CC1N=C=O)C1CCCC12)N=C=O. The van der Waals surface area contributed by atoms with E-state index in [1.165, 1.54) is 25.7 Å². The number of fused-ring (bicyclic) bond motifs is 5. The van der Waals surface area contributed by atoms with Crippen molar-refractivity contribution in [2.24, 2.45) is 33.2 Å². The van der Waals surface area contributed by atoms with Crippen molar-refractivity contribution in [3.8, 4) is 0 Å². The minimum Gasteiger partial charge on any atom is -0.211 e. The van der Waals surface area contributed by atoms with Crippen molar-refractivity contribution in [1.82, 2.24) is 0 Å². The van der Waals surface area contributed by atoms with E-state index in [9.17, 15) is 9.59 Å². The van der Waals surface area contributed by atoms with Gasteiger partial charge in [-0.2, -0.15) is 0 Å². The summed E-state index contributed by atoms with van der Waals surface area (Å²) >= 11 is 0. The lowest BCUT2D eigenvalue weighted by molar-refractivity contribution is 0.111. The van der Waals surface area contributed by atoms with Crippen molar-refractivity contribution in [3.05, 3.63) is 0 Å². The highest BCUT2D eigenvalue weighted by Crippen LogP contribution is 2.68. The van der Waals surface area contributed by atoms with Crippen LogP contribution in [0.2, 0.25) is 0 Å². The first kappa shape index (κ1) is 14.7. The first-order valence-electron chi connectivity index (χ1n) is 8.35. The van der Waals surface area contributed by atoms with Crippen LogP contribution in [0.4, 0.5) is 0 Å². The van der Waals surface area contributed by atoms with Crippen LogP contribution in [-0.4, -0.2) is 24.2 Å². The fourth-order valence-electron chi connectivity index (χ4n) is 5.80. The average molecular weight is 288 g/mol. The molecule has 0 radical (unpaired) electrons. The Morgan fingerprint density at radius 1 is 1.29 bits per heavy atom. The van der Waals surface area contributed by atoms with E-state index in [2.05, 4.69) is 9.98 Å². The van der Waals surface area contributed by atoms with E-state index in [4.69, 9.17) is 0 Å². The number of aliphatic imine (C=N–C) groups is 2. The summed E-state index contributed by atoms with van der Waals surface area (Å²) in [6, 6.07) is 0.258. The largest absolute Gasteiger partial charge is 0.235 e. The molecule has 0 N–H and O–H groups in total. The second-order valence-electron chi connectivity index (χ2n) is 7.33. The smallest absolute Gasteiger partial charge is 0.211 e. The van der Waals surface area contributed by atoms with E-state index in [0.717, 1.165) is 43.4 Å². The number of nitrogens with zero attached hydrogens (tertiary/aromatic N) is 2. The van der Waals surface area contributed by atoms with Gasteiger partial charge in [-0.05, 0) is 68.6 Å². The molecule has 4 heteroatoms. The van der Waals surface area contributed by atoms with E-state index in [1.807, 2.05) is 13.0 Å². The van der Waals surface area contributed by atoms with Crippen LogP contribution in [0, 0.1) is 23.2 Å². The maximum atomic E-state index is 10.8. The molecule has 3 rings (SSSR count). The van der Waals surface area contributed by atoms with Gasteiger partial charge >= 0.3 is 0 Å². The van der Waals surface area contributed by atoms with Gasteiger partial charge in [-0.3, -0.25) is 0 Å². The molecule has 3 aliphatic rings. The van der Waals surface area contributed by atoms with Crippen LogP contribution in [-0.2, 0) is 9.59 Å². The van der Waals surface area contributed by atoms with Crippen molar-refractivity contribution < 1.29 is 9.59 Å². The van der Waals surface area contributed by atoms with Crippen LogP contribution < -0.4 is 0 Å². The van der Waals surface area contributed by atoms with Gasteiger partial charge < -0.3 is 0 Å². The fraction of sp³-hybridized carbons (Fsp3) is 0.882.